The molecular formula is C23H31N3O3. The molecule has 1 aromatic carbocycles. The van der Waals surface area contributed by atoms with E-state index in [9.17, 15) is 9.59 Å². The van der Waals surface area contributed by atoms with Gasteiger partial charge >= 0.3 is 0 Å². The number of carbonyl (C=O) groups is 2. The van der Waals surface area contributed by atoms with Crippen LogP contribution in [0.1, 0.15) is 37.7 Å². The van der Waals surface area contributed by atoms with E-state index in [1.807, 2.05) is 25.4 Å². The summed E-state index contributed by atoms with van der Waals surface area (Å²) in [6.07, 6.45) is 8.12. The first-order chi connectivity index (χ1) is 14.1. The smallest absolute Gasteiger partial charge is 0.227 e. The van der Waals surface area contributed by atoms with E-state index in [1.165, 1.54) is 19.3 Å². The van der Waals surface area contributed by atoms with Crippen molar-refractivity contribution in [3.8, 4) is 0 Å². The third kappa shape index (κ3) is 4.64. The predicted octanol–water partition coefficient (Wildman–Crippen LogP) is 2.64. The van der Waals surface area contributed by atoms with E-state index in [-0.39, 0.29) is 23.8 Å². The Morgan fingerprint density at radius 2 is 1.97 bits per heavy atom. The summed E-state index contributed by atoms with van der Waals surface area (Å²) in [5.41, 5.74) is 2.15. The minimum absolute atomic E-state index is 0.0294. The van der Waals surface area contributed by atoms with Crippen molar-refractivity contribution >= 4 is 22.7 Å². The molecule has 0 radical (unpaired) electrons. The Morgan fingerprint density at radius 1 is 1.17 bits per heavy atom. The number of amides is 2. The van der Waals surface area contributed by atoms with Crippen LogP contribution in [0.3, 0.4) is 0 Å². The van der Waals surface area contributed by atoms with E-state index in [4.69, 9.17) is 4.74 Å². The molecule has 4 rings (SSSR count). The molecule has 1 unspecified atom stereocenters. The average Bonchev–Trinajstić information content (AvgIpc) is 2.91. The highest BCUT2D eigenvalue weighted by atomic mass is 16.5. The number of aromatic nitrogens is 1. The van der Waals surface area contributed by atoms with Gasteiger partial charge in [0.25, 0.3) is 0 Å². The van der Waals surface area contributed by atoms with Gasteiger partial charge in [-0.25, -0.2) is 0 Å². The van der Waals surface area contributed by atoms with Crippen LogP contribution in [0.25, 0.3) is 10.9 Å². The number of fused-ring (bicyclic) bond motifs is 1. The van der Waals surface area contributed by atoms with Gasteiger partial charge < -0.3 is 19.5 Å². The van der Waals surface area contributed by atoms with E-state index >= 15 is 0 Å². The second kappa shape index (κ2) is 8.99. The van der Waals surface area contributed by atoms with Crippen LogP contribution in [0, 0.1) is 5.92 Å². The maximum absolute atomic E-state index is 13.1. The zero-order chi connectivity index (χ0) is 20.2. The summed E-state index contributed by atoms with van der Waals surface area (Å²) in [6.45, 7) is 1.84. The van der Waals surface area contributed by atoms with Crippen LogP contribution >= 0.6 is 0 Å². The maximum Gasteiger partial charge on any atom is 0.227 e. The molecule has 0 spiro atoms. The van der Waals surface area contributed by atoms with Gasteiger partial charge in [-0.05, 0) is 24.5 Å². The lowest BCUT2D eigenvalue weighted by Crippen LogP contribution is -2.45. The van der Waals surface area contributed by atoms with E-state index in [1.54, 1.807) is 4.90 Å². The summed E-state index contributed by atoms with van der Waals surface area (Å²) in [6, 6.07) is 8.41. The molecule has 1 aromatic heterocycles. The van der Waals surface area contributed by atoms with Gasteiger partial charge in [-0.1, -0.05) is 37.5 Å². The lowest BCUT2D eigenvalue weighted by atomic mass is 9.95. The first-order valence-corrected chi connectivity index (χ1v) is 10.8. The number of hydrogen-bond acceptors (Lipinski definition) is 3. The van der Waals surface area contributed by atoms with Gasteiger partial charge in [0.15, 0.2) is 0 Å². The SMILES string of the molecule is Cn1cc(CC(=O)N2CCOCC(C(=O)NC3CCCCC3)C2)c2ccccc21. The average molecular weight is 398 g/mol. The normalized spacial score (nSPS) is 21.1. The summed E-state index contributed by atoms with van der Waals surface area (Å²) in [4.78, 5) is 27.7. The van der Waals surface area contributed by atoms with E-state index < -0.39 is 0 Å². The Hall–Kier alpha value is -2.34. The van der Waals surface area contributed by atoms with Gasteiger partial charge in [-0.3, -0.25) is 9.59 Å². The number of hydrogen-bond donors (Lipinski definition) is 1. The van der Waals surface area contributed by atoms with Crippen molar-refractivity contribution in [2.24, 2.45) is 13.0 Å². The second-order valence-corrected chi connectivity index (χ2v) is 8.41. The zero-order valence-electron chi connectivity index (χ0n) is 17.2. The van der Waals surface area contributed by atoms with Gasteiger partial charge in [-0.2, -0.15) is 0 Å². The van der Waals surface area contributed by atoms with Crippen LogP contribution in [0.2, 0.25) is 0 Å². The van der Waals surface area contributed by atoms with Crippen LogP contribution in [-0.4, -0.2) is 53.6 Å². The molecule has 2 aliphatic rings. The van der Waals surface area contributed by atoms with Gasteiger partial charge in [0.2, 0.25) is 11.8 Å². The molecule has 1 aliphatic heterocycles. The Labute approximate surface area is 172 Å². The lowest BCUT2D eigenvalue weighted by molar-refractivity contribution is -0.132. The molecule has 156 valence electrons. The molecule has 2 aromatic rings. The van der Waals surface area contributed by atoms with Gasteiger partial charge in [0.1, 0.15) is 0 Å². The van der Waals surface area contributed by atoms with Crippen LogP contribution in [0.4, 0.5) is 0 Å². The first kappa shape index (κ1) is 20.0. The van der Waals surface area contributed by atoms with Gasteiger partial charge in [0.05, 0.1) is 25.6 Å². The lowest BCUT2D eigenvalue weighted by Gasteiger charge is -2.27. The van der Waals surface area contributed by atoms with Crippen molar-refractivity contribution in [3.05, 3.63) is 36.0 Å². The topological polar surface area (TPSA) is 63.6 Å². The number of nitrogens with zero attached hydrogens (tertiary/aromatic N) is 2. The largest absolute Gasteiger partial charge is 0.379 e. The molecule has 2 heterocycles. The molecule has 0 bridgehead atoms. The maximum atomic E-state index is 13.1. The summed E-state index contributed by atoms with van der Waals surface area (Å²) in [7, 11) is 2.00. The van der Waals surface area contributed by atoms with Crippen LogP contribution in [-0.2, 0) is 27.8 Å². The number of para-hydroxylation sites is 1. The van der Waals surface area contributed by atoms with Gasteiger partial charge in [-0.15, -0.1) is 0 Å². The molecular weight excluding hydrogens is 366 g/mol. The zero-order valence-corrected chi connectivity index (χ0v) is 17.2. The summed E-state index contributed by atoms with van der Waals surface area (Å²) >= 11 is 0. The molecule has 1 N–H and O–H groups in total. The molecule has 2 fully saturated rings. The monoisotopic (exact) mass is 397 g/mol. The molecule has 1 saturated carbocycles. The highest BCUT2D eigenvalue weighted by molar-refractivity contribution is 5.89. The van der Waals surface area contributed by atoms with Crippen molar-refractivity contribution in [2.75, 3.05) is 26.3 Å². The fraction of sp³-hybridized carbons (Fsp3) is 0.565. The fourth-order valence-electron chi connectivity index (χ4n) is 4.60. The minimum atomic E-state index is -0.295. The first-order valence-electron chi connectivity index (χ1n) is 10.8. The van der Waals surface area contributed by atoms with E-state index in [2.05, 4.69) is 22.0 Å². The molecule has 1 saturated heterocycles. The summed E-state index contributed by atoms with van der Waals surface area (Å²) < 4.78 is 7.72. The Bertz CT molecular complexity index is 869. The van der Waals surface area contributed by atoms with Crippen molar-refractivity contribution in [3.63, 3.8) is 0 Å². The third-order valence-electron chi connectivity index (χ3n) is 6.26. The van der Waals surface area contributed by atoms with Crippen LogP contribution in [0.5, 0.6) is 0 Å². The van der Waals surface area contributed by atoms with Crippen molar-refractivity contribution in [1.29, 1.82) is 0 Å². The quantitative estimate of drug-likeness (QED) is 0.863. The second-order valence-electron chi connectivity index (χ2n) is 8.41. The van der Waals surface area contributed by atoms with E-state index in [0.717, 1.165) is 29.3 Å². The van der Waals surface area contributed by atoms with Gasteiger partial charge in [0, 0.05) is 43.3 Å². The molecule has 1 aliphatic carbocycles. The molecule has 6 heteroatoms. The summed E-state index contributed by atoms with van der Waals surface area (Å²) in [5, 5.41) is 4.30. The summed E-state index contributed by atoms with van der Waals surface area (Å²) in [5.74, 6) is -0.208. The minimum Gasteiger partial charge on any atom is -0.379 e. The highest BCUT2D eigenvalue weighted by Gasteiger charge is 2.29. The van der Waals surface area contributed by atoms with Crippen molar-refractivity contribution in [1.82, 2.24) is 14.8 Å². The molecule has 1 atom stereocenters. The fourth-order valence-corrected chi connectivity index (χ4v) is 4.60. The predicted molar refractivity (Wildman–Crippen MR) is 113 cm³/mol. The van der Waals surface area contributed by atoms with Crippen molar-refractivity contribution < 1.29 is 14.3 Å². The Kier molecular flexibility index (Phi) is 6.19. The van der Waals surface area contributed by atoms with Crippen LogP contribution in [0.15, 0.2) is 30.5 Å². The third-order valence-corrected chi connectivity index (χ3v) is 6.26. The molecule has 6 nitrogen and oxygen atoms in total. The molecule has 29 heavy (non-hydrogen) atoms. The van der Waals surface area contributed by atoms with Crippen molar-refractivity contribution in [2.45, 2.75) is 44.6 Å². The standard InChI is InChI=1S/C23H31N3O3/c1-25-14-17(20-9-5-6-10-21(20)25)13-22(27)26-11-12-29-16-18(15-26)23(28)24-19-7-3-2-4-8-19/h5-6,9-10,14,18-19H,2-4,7-8,11-13,15-16H2,1H3,(H,24,28). The number of benzene rings is 1. The number of ether oxygens (including phenoxy) is 1. The highest BCUT2D eigenvalue weighted by Crippen LogP contribution is 2.22. The Balaban J connectivity index is 1.41. The number of rotatable bonds is 4. The van der Waals surface area contributed by atoms with E-state index in [0.29, 0.717) is 32.7 Å². The molecule has 2 amide bonds. The number of carbonyl (C=O) groups excluding carboxylic acids is 2. The number of aryl methyl sites for hydroxylation is 1. The Morgan fingerprint density at radius 3 is 2.79 bits per heavy atom. The number of nitrogens with one attached hydrogen (secondary N) is 1. The van der Waals surface area contributed by atoms with Crippen LogP contribution < -0.4 is 5.32 Å².